The molecule has 0 amide bonds. The van der Waals surface area contributed by atoms with E-state index in [1.165, 1.54) is 33.3 Å². The first kappa shape index (κ1) is 12.2. The molecule has 92 valence electrons. The SMILES string of the molecule is CNCCc1c(C)c2c(C)cc(C)cc2n1C. The van der Waals surface area contributed by atoms with Crippen LogP contribution in [0.25, 0.3) is 10.9 Å². The third kappa shape index (κ3) is 1.98. The lowest BCUT2D eigenvalue weighted by molar-refractivity contribution is 0.742. The maximum absolute atomic E-state index is 3.23. The van der Waals surface area contributed by atoms with E-state index in [-0.39, 0.29) is 0 Å². The Balaban J connectivity index is 2.67. The third-order valence-electron chi connectivity index (χ3n) is 3.64. The molecule has 0 unspecified atom stereocenters. The van der Waals surface area contributed by atoms with Gasteiger partial charge in [-0.25, -0.2) is 0 Å². The quantitative estimate of drug-likeness (QED) is 0.858. The van der Waals surface area contributed by atoms with Gasteiger partial charge in [0.25, 0.3) is 0 Å². The Bertz CT molecular complexity index is 550. The van der Waals surface area contributed by atoms with Gasteiger partial charge < -0.3 is 9.88 Å². The maximum atomic E-state index is 3.23. The van der Waals surface area contributed by atoms with Crippen molar-refractivity contribution in [1.29, 1.82) is 0 Å². The summed E-state index contributed by atoms with van der Waals surface area (Å²) in [5.41, 5.74) is 6.99. The normalized spacial score (nSPS) is 11.4. The van der Waals surface area contributed by atoms with Gasteiger partial charge >= 0.3 is 0 Å². The smallest absolute Gasteiger partial charge is 0.0488 e. The third-order valence-corrected chi connectivity index (χ3v) is 3.64. The first-order valence-electron chi connectivity index (χ1n) is 6.26. The van der Waals surface area contributed by atoms with Crippen LogP contribution in [0.15, 0.2) is 12.1 Å². The number of nitrogens with one attached hydrogen (secondary N) is 1. The van der Waals surface area contributed by atoms with E-state index in [0.717, 1.165) is 13.0 Å². The number of rotatable bonds is 3. The monoisotopic (exact) mass is 230 g/mol. The summed E-state index contributed by atoms with van der Waals surface area (Å²) in [6.45, 7) is 7.66. The van der Waals surface area contributed by atoms with Crippen molar-refractivity contribution in [2.24, 2.45) is 7.05 Å². The molecule has 17 heavy (non-hydrogen) atoms. The lowest BCUT2D eigenvalue weighted by Gasteiger charge is -2.05. The van der Waals surface area contributed by atoms with Crippen LogP contribution in [-0.4, -0.2) is 18.2 Å². The summed E-state index contributed by atoms with van der Waals surface area (Å²) in [5, 5.41) is 4.66. The second-order valence-corrected chi connectivity index (χ2v) is 4.96. The van der Waals surface area contributed by atoms with Gasteiger partial charge in [-0.2, -0.15) is 0 Å². The molecule has 0 saturated carbocycles. The van der Waals surface area contributed by atoms with Crippen molar-refractivity contribution < 1.29 is 0 Å². The van der Waals surface area contributed by atoms with Gasteiger partial charge in [-0.3, -0.25) is 0 Å². The molecular weight excluding hydrogens is 208 g/mol. The molecule has 2 aromatic rings. The Hall–Kier alpha value is -1.28. The number of fused-ring (bicyclic) bond motifs is 1. The van der Waals surface area contributed by atoms with Gasteiger partial charge in [0.05, 0.1) is 0 Å². The number of benzene rings is 1. The topological polar surface area (TPSA) is 17.0 Å². The predicted octanol–water partition coefficient (Wildman–Crippen LogP) is 2.87. The van der Waals surface area contributed by atoms with Crippen molar-refractivity contribution in [2.45, 2.75) is 27.2 Å². The fourth-order valence-corrected chi connectivity index (χ4v) is 2.84. The lowest BCUT2D eigenvalue weighted by atomic mass is 10.0. The van der Waals surface area contributed by atoms with Crippen LogP contribution < -0.4 is 5.32 Å². The van der Waals surface area contributed by atoms with Crippen LogP contribution >= 0.6 is 0 Å². The maximum Gasteiger partial charge on any atom is 0.0488 e. The fraction of sp³-hybridized carbons (Fsp3) is 0.467. The highest BCUT2D eigenvalue weighted by Crippen LogP contribution is 2.28. The molecule has 1 aromatic carbocycles. The molecule has 2 rings (SSSR count). The summed E-state index contributed by atoms with van der Waals surface area (Å²) in [5.74, 6) is 0. The first-order valence-corrected chi connectivity index (χ1v) is 6.26. The van der Waals surface area contributed by atoms with Crippen LogP contribution in [0.4, 0.5) is 0 Å². The van der Waals surface area contributed by atoms with Crippen LogP contribution in [0.1, 0.15) is 22.4 Å². The van der Waals surface area contributed by atoms with Crippen molar-refractivity contribution in [1.82, 2.24) is 9.88 Å². The van der Waals surface area contributed by atoms with E-state index >= 15 is 0 Å². The van der Waals surface area contributed by atoms with E-state index in [1.54, 1.807) is 0 Å². The van der Waals surface area contributed by atoms with Gasteiger partial charge in [0.2, 0.25) is 0 Å². The summed E-state index contributed by atoms with van der Waals surface area (Å²) < 4.78 is 2.35. The number of hydrogen-bond acceptors (Lipinski definition) is 1. The molecule has 2 heteroatoms. The number of nitrogens with zero attached hydrogens (tertiary/aromatic N) is 1. The molecule has 2 nitrogen and oxygen atoms in total. The van der Waals surface area contributed by atoms with Crippen LogP contribution in [0.5, 0.6) is 0 Å². The minimum absolute atomic E-state index is 1.03. The molecule has 0 atom stereocenters. The van der Waals surface area contributed by atoms with Gasteiger partial charge in [0.1, 0.15) is 0 Å². The fourth-order valence-electron chi connectivity index (χ4n) is 2.84. The van der Waals surface area contributed by atoms with E-state index in [0.29, 0.717) is 0 Å². The summed E-state index contributed by atoms with van der Waals surface area (Å²) in [6, 6.07) is 4.56. The molecule has 0 fully saturated rings. The Morgan fingerprint density at radius 3 is 2.53 bits per heavy atom. The number of aryl methyl sites for hydroxylation is 4. The Labute approximate surface area is 104 Å². The standard InChI is InChI=1S/C15H22N2/c1-10-8-11(2)15-12(3)13(6-7-16-4)17(5)14(15)9-10/h8-9,16H,6-7H2,1-5H3. The van der Waals surface area contributed by atoms with E-state index < -0.39 is 0 Å². The predicted molar refractivity (Wildman–Crippen MR) is 74.8 cm³/mol. The second kappa shape index (κ2) is 4.53. The molecule has 0 radical (unpaired) electrons. The van der Waals surface area contributed by atoms with Crippen LogP contribution in [0, 0.1) is 20.8 Å². The number of hydrogen-bond donors (Lipinski definition) is 1. The minimum atomic E-state index is 1.03. The zero-order chi connectivity index (χ0) is 12.6. The van der Waals surface area contributed by atoms with Crippen LogP contribution in [-0.2, 0) is 13.5 Å². The second-order valence-electron chi connectivity index (χ2n) is 4.96. The van der Waals surface area contributed by atoms with Gasteiger partial charge in [0, 0.05) is 36.6 Å². The highest BCUT2D eigenvalue weighted by atomic mass is 15.0. The Kier molecular flexibility index (Phi) is 3.25. The van der Waals surface area contributed by atoms with Crippen LogP contribution in [0.3, 0.4) is 0 Å². The van der Waals surface area contributed by atoms with E-state index in [9.17, 15) is 0 Å². The summed E-state index contributed by atoms with van der Waals surface area (Å²) in [7, 11) is 4.19. The van der Waals surface area contributed by atoms with Crippen molar-refractivity contribution in [3.63, 3.8) is 0 Å². The average molecular weight is 230 g/mol. The zero-order valence-electron chi connectivity index (χ0n) is 11.5. The summed E-state index contributed by atoms with van der Waals surface area (Å²) >= 11 is 0. The van der Waals surface area contributed by atoms with E-state index in [2.05, 4.69) is 49.8 Å². The Morgan fingerprint density at radius 1 is 1.18 bits per heavy atom. The number of aromatic nitrogens is 1. The molecule has 1 aromatic heterocycles. The van der Waals surface area contributed by atoms with E-state index in [4.69, 9.17) is 0 Å². The summed E-state index contributed by atoms with van der Waals surface area (Å²) in [4.78, 5) is 0. The molecule has 0 aliphatic carbocycles. The molecule has 0 saturated heterocycles. The van der Waals surface area contributed by atoms with E-state index in [1.807, 2.05) is 7.05 Å². The van der Waals surface area contributed by atoms with Gasteiger partial charge in [-0.1, -0.05) is 6.07 Å². The molecule has 0 spiro atoms. The largest absolute Gasteiger partial charge is 0.347 e. The zero-order valence-corrected chi connectivity index (χ0v) is 11.5. The van der Waals surface area contributed by atoms with Gasteiger partial charge in [0.15, 0.2) is 0 Å². The lowest BCUT2D eigenvalue weighted by Crippen LogP contribution is -2.12. The van der Waals surface area contributed by atoms with Crippen molar-refractivity contribution >= 4 is 10.9 Å². The molecular formula is C15H22N2. The molecule has 0 aliphatic heterocycles. The van der Waals surface area contributed by atoms with Crippen LogP contribution in [0.2, 0.25) is 0 Å². The van der Waals surface area contributed by atoms with Crippen molar-refractivity contribution in [2.75, 3.05) is 13.6 Å². The Morgan fingerprint density at radius 2 is 1.88 bits per heavy atom. The first-order chi connectivity index (χ1) is 8.06. The van der Waals surface area contributed by atoms with Crippen molar-refractivity contribution in [3.05, 3.63) is 34.5 Å². The minimum Gasteiger partial charge on any atom is -0.347 e. The highest BCUT2D eigenvalue weighted by Gasteiger charge is 2.13. The molecule has 0 bridgehead atoms. The average Bonchev–Trinajstić information content (AvgIpc) is 2.49. The van der Waals surface area contributed by atoms with Crippen molar-refractivity contribution in [3.8, 4) is 0 Å². The molecule has 0 aliphatic rings. The molecule has 1 N–H and O–H groups in total. The highest BCUT2D eigenvalue weighted by molar-refractivity contribution is 5.89. The van der Waals surface area contributed by atoms with Gasteiger partial charge in [-0.05, 0) is 50.6 Å². The number of likely N-dealkylation sites (N-methyl/N-ethyl adjacent to an activating group) is 1. The summed E-state index contributed by atoms with van der Waals surface area (Å²) in [6.07, 6.45) is 1.09. The van der Waals surface area contributed by atoms with Gasteiger partial charge in [-0.15, -0.1) is 0 Å². The molecule has 1 heterocycles.